The molecule has 0 bridgehead atoms. The molecule has 0 saturated carbocycles. The monoisotopic (exact) mass is 201 g/mol. The van der Waals surface area contributed by atoms with Gasteiger partial charge in [0.15, 0.2) is 5.75 Å². The summed E-state index contributed by atoms with van der Waals surface area (Å²) in [6.07, 6.45) is 0. The summed E-state index contributed by atoms with van der Waals surface area (Å²) in [6.45, 7) is 7.77. The molecule has 0 aromatic carbocycles. The van der Waals surface area contributed by atoms with Gasteiger partial charge in [-0.2, -0.15) is 0 Å². The van der Waals surface area contributed by atoms with E-state index in [1.807, 2.05) is 27.7 Å². The third-order valence-electron chi connectivity index (χ3n) is 1.43. The zero-order valence-corrected chi connectivity index (χ0v) is 9.57. The lowest BCUT2D eigenvalue weighted by molar-refractivity contribution is 0.409. The molecule has 0 unspecified atom stereocenters. The maximum Gasteiger partial charge on any atom is 0.158 e. The van der Waals surface area contributed by atoms with Gasteiger partial charge in [-0.05, 0) is 19.9 Å². The van der Waals surface area contributed by atoms with E-state index < -0.39 is 0 Å². The van der Waals surface area contributed by atoms with Crippen LogP contribution in [0.25, 0.3) is 0 Å². The second-order valence-electron chi connectivity index (χ2n) is 2.36. The fourth-order valence-corrected chi connectivity index (χ4v) is 1.39. The van der Waals surface area contributed by atoms with E-state index in [2.05, 4.69) is 4.98 Å². The topological polar surface area (TPSA) is 22.1 Å². The number of hydrogen-bond donors (Lipinski definition) is 0. The van der Waals surface area contributed by atoms with Crippen molar-refractivity contribution in [3.05, 3.63) is 22.5 Å². The van der Waals surface area contributed by atoms with Gasteiger partial charge in [-0.3, -0.25) is 4.98 Å². The summed E-state index contributed by atoms with van der Waals surface area (Å²) < 4.78 is 5.04. The summed E-state index contributed by atoms with van der Waals surface area (Å²) in [4.78, 5) is 4.20. The minimum atomic E-state index is 0.623. The minimum absolute atomic E-state index is 0.623. The third-order valence-corrected chi connectivity index (χ3v) is 1.71. The van der Waals surface area contributed by atoms with Crippen molar-refractivity contribution in [2.24, 2.45) is 0 Å². The van der Waals surface area contributed by atoms with Crippen LogP contribution < -0.4 is 4.74 Å². The predicted molar refractivity (Wildman–Crippen MR) is 56.6 cm³/mol. The standard InChI is InChI=1S/C8H10ClNO.C2H6/c1-5-4-7(9)8(11-3)6(2)10-5;1-2/h4H,1-3H3;1-2H3. The summed E-state index contributed by atoms with van der Waals surface area (Å²) in [5, 5.41) is 0.623. The molecule has 0 aliphatic rings. The second kappa shape index (κ2) is 5.81. The van der Waals surface area contributed by atoms with E-state index in [1.54, 1.807) is 13.2 Å². The van der Waals surface area contributed by atoms with Crippen LogP contribution in [0.5, 0.6) is 5.75 Å². The quantitative estimate of drug-likeness (QED) is 0.695. The van der Waals surface area contributed by atoms with Crippen LogP contribution in [-0.2, 0) is 0 Å². The van der Waals surface area contributed by atoms with Crippen molar-refractivity contribution in [2.75, 3.05) is 7.11 Å². The summed E-state index contributed by atoms with van der Waals surface area (Å²) in [7, 11) is 1.59. The summed E-state index contributed by atoms with van der Waals surface area (Å²) >= 11 is 5.87. The number of aryl methyl sites for hydroxylation is 2. The van der Waals surface area contributed by atoms with Crippen molar-refractivity contribution in [3.8, 4) is 5.75 Å². The Bertz CT molecular complexity index is 251. The highest BCUT2D eigenvalue weighted by Crippen LogP contribution is 2.26. The summed E-state index contributed by atoms with van der Waals surface area (Å²) in [6, 6.07) is 1.79. The molecule has 13 heavy (non-hydrogen) atoms. The molecule has 0 fully saturated rings. The van der Waals surface area contributed by atoms with Gasteiger partial charge in [0.2, 0.25) is 0 Å². The molecule has 1 aromatic rings. The molecule has 3 heteroatoms. The van der Waals surface area contributed by atoms with E-state index in [-0.39, 0.29) is 0 Å². The molecule has 0 saturated heterocycles. The molecule has 0 radical (unpaired) electrons. The van der Waals surface area contributed by atoms with Gasteiger partial charge in [-0.25, -0.2) is 0 Å². The second-order valence-corrected chi connectivity index (χ2v) is 2.77. The number of aromatic nitrogens is 1. The van der Waals surface area contributed by atoms with E-state index in [9.17, 15) is 0 Å². The Labute approximate surface area is 84.9 Å². The minimum Gasteiger partial charge on any atom is -0.493 e. The van der Waals surface area contributed by atoms with Gasteiger partial charge in [0.05, 0.1) is 17.8 Å². The molecule has 0 spiro atoms. The van der Waals surface area contributed by atoms with Crippen LogP contribution in [0.2, 0.25) is 5.02 Å². The Morgan fingerprint density at radius 1 is 1.31 bits per heavy atom. The normalized spacial score (nSPS) is 8.77. The number of methoxy groups -OCH3 is 1. The van der Waals surface area contributed by atoms with Crippen LogP contribution in [0.1, 0.15) is 25.2 Å². The highest BCUT2D eigenvalue weighted by atomic mass is 35.5. The lowest BCUT2D eigenvalue weighted by Crippen LogP contribution is -1.93. The first-order chi connectivity index (χ1) is 6.15. The van der Waals surface area contributed by atoms with Crippen LogP contribution in [0.15, 0.2) is 6.07 Å². The first kappa shape index (κ1) is 12.2. The third kappa shape index (κ3) is 3.23. The molecule has 1 heterocycles. The Balaban J connectivity index is 0.000000671. The molecule has 1 aromatic heterocycles. The SMILES string of the molecule is CC.COc1c(Cl)cc(C)nc1C. The van der Waals surface area contributed by atoms with E-state index >= 15 is 0 Å². The van der Waals surface area contributed by atoms with Gasteiger partial charge in [-0.15, -0.1) is 0 Å². The van der Waals surface area contributed by atoms with Crippen molar-refractivity contribution in [2.45, 2.75) is 27.7 Å². The molecule has 74 valence electrons. The van der Waals surface area contributed by atoms with E-state index in [1.165, 1.54) is 0 Å². The molecule has 0 aliphatic carbocycles. The van der Waals surface area contributed by atoms with Crippen molar-refractivity contribution in [1.29, 1.82) is 0 Å². The summed E-state index contributed by atoms with van der Waals surface area (Å²) in [5.41, 5.74) is 1.74. The van der Waals surface area contributed by atoms with Gasteiger partial charge in [0.25, 0.3) is 0 Å². The van der Waals surface area contributed by atoms with Gasteiger partial charge < -0.3 is 4.74 Å². The van der Waals surface area contributed by atoms with Crippen molar-refractivity contribution < 1.29 is 4.74 Å². The van der Waals surface area contributed by atoms with Crippen molar-refractivity contribution in [1.82, 2.24) is 4.98 Å². The molecule has 1 rings (SSSR count). The zero-order chi connectivity index (χ0) is 10.4. The largest absolute Gasteiger partial charge is 0.493 e. The number of rotatable bonds is 1. The van der Waals surface area contributed by atoms with Crippen LogP contribution in [0.3, 0.4) is 0 Å². The maximum atomic E-state index is 5.87. The smallest absolute Gasteiger partial charge is 0.158 e. The summed E-state index contributed by atoms with van der Waals surface area (Å²) in [5.74, 6) is 0.664. The Kier molecular flexibility index (Phi) is 5.47. The molecule has 0 atom stereocenters. The first-order valence-corrected chi connectivity index (χ1v) is 4.70. The molecular formula is C10H16ClNO. The van der Waals surface area contributed by atoms with Crippen LogP contribution in [0.4, 0.5) is 0 Å². The van der Waals surface area contributed by atoms with Gasteiger partial charge >= 0.3 is 0 Å². The van der Waals surface area contributed by atoms with Crippen LogP contribution in [0, 0.1) is 13.8 Å². The average Bonchev–Trinajstić information content (AvgIpc) is 2.07. The Morgan fingerprint density at radius 3 is 2.23 bits per heavy atom. The number of ether oxygens (including phenoxy) is 1. The van der Waals surface area contributed by atoms with Crippen molar-refractivity contribution in [3.63, 3.8) is 0 Å². The van der Waals surface area contributed by atoms with E-state index in [0.717, 1.165) is 11.4 Å². The maximum absolute atomic E-state index is 5.87. The Morgan fingerprint density at radius 2 is 1.85 bits per heavy atom. The Hall–Kier alpha value is -0.760. The fourth-order valence-electron chi connectivity index (χ4n) is 1.01. The molecular weight excluding hydrogens is 186 g/mol. The number of pyridine rings is 1. The molecule has 0 amide bonds. The lowest BCUT2D eigenvalue weighted by atomic mass is 10.3. The van der Waals surface area contributed by atoms with E-state index in [0.29, 0.717) is 10.8 Å². The predicted octanol–water partition coefficient (Wildman–Crippen LogP) is 3.39. The number of halogens is 1. The number of hydrogen-bond acceptors (Lipinski definition) is 2. The molecule has 0 aliphatic heterocycles. The molecule has 2 nitrogen and oxygen atoms in total. The first-order valence-electron chi connectivity index (χ1n) is 4.33. The van der Waals surface area contributed by atoms with Crippen LogP contribution >= 0.6 is 11.6 Å². The number of nitrogens with zero attached hydrogens (tertiary/aromatic N) is 1. The molecule has 0 N–H and O–H groups in total. The lowest BCUT2D eigenvalue weighted by Gasteiger charge is -2.06. The van der Waals surface area contributed by atoms with E-state index in [4.69, 9.17) is 16.3 Å². The fraction of sp³-hybridized carbons (Fsp3) is 0.500. The van der Waals surface area contributed by atoms with Crippen molar-refractivity contribution >= 4 is 11.6 Å². The highest BCUT2D eigenvalue weighted by molar-refractivity contribution is 6.32. The van der Waals surface area contributed by atoms with Gasteiger partial charge in [-0.1, -0.05) is 25.4 Å². The van der Waals surface area contributed by atoms with Gasteiger partial charge in [0.1, 0.15) is 0 Å². The highest BCUT2D eigenvalue weighted by Gasteiger charge is 2.05. The van der Waals surface area contributed by atoms with Crippen LogP contribution in [-0.4, -0.2) is 12.1 Å². The van der Waals surface area contributed by atoms with Gasteiger partial charge in [0, 0.05) is 5.69 Å². The zero-order valence-electron chi connectivity index (χ0n) is 8.81. The average molecular weight is 202 g/mol.